The Morgan fingerprint density at radius 3 is 2.25 bits per heavy atom. The van der Waals surface area contributed by atoms with Crippen molar-refractivity contribution >= 4 is 22.4 Å². The number of methoxy groups -OCH3 is 3. The standard InChI is InChI=1S/C24H20F3NO4/c1-30-19-11-10-17-14-16(8-9-18(17)15-19)12-13-23(22(29)32-3,24(25,26)27)28-20-6-4-5-7-21(20)31-2/h4-11,14-15,28H,1-3H3/t23-/m1/s1. The van der Waals surface area contributed by atoms with Gasteiger partial charge in [-0.2, -0.15) is 13.2 Å². The summed E-state index contributed by atoms with van der Waals surface area (Å²) in [4.78, 5) is 12.4. The maximum absolute atomic E-state index is 14.3. The Labute approximate surface area is 183 Å². The smallest absolute Gasteiger partial charge is 0.434 e. The fourth-order valence-corrected chi connectivity index (χ4v) is 3.09. The van der Waals surface area contributed by atoms with Crippen LogP contribution >= 0.6 is 0 Å². The van der Waals surface area contributed by atoms with Crippen molar-refractivity contribution in [3.63, 3.8) is 0 Å². The van der Waals surface area contributed by atoms with Crippen LogP contribution in [0, 0.1) is 11.8 Å². The van der Waals surface area contributed by atoms with Crippen molar-refractivity contribution in [3.8, 4) is 23.3 Å². The minimum atomic E-state index is -5.10. The maximum Gasteiger partial charge on any atom is 0.434 e. The number of carbonyl (C=O) groups is 1. The summed E-state index contributed by atoms with van der Waals surface area (Å²) >= 11 is 0. The number of alkyl halides is 3. The highest BCUT2D eigenvalue weighted by Crippen LogP contribution is 2.37. The number of benzene rings is 3. The summed E-state index contributed by atoms with van der Waals surface area (Å²) in [7, 11) is 3.72. The summed E-state index contributed by atoms with van der Waals surface area (Å²) in [6, 6.07) is 16.1. The number of ether oxygens (including phenoxy) is 3. The van der Waals surface area contributed by atoms with Gasteiger partial charge in [-0.05, 0) is 53.1 Å². The minimum absolute atomic E-state index is 0.0577. The lowest BCUT2D eigenvalue weighted by molar-refractivity contribution is -0.187. The third kappa shape index (κ3) is 4.42. The molecule has 0 aliphatic rings. The van der Waals surface area contributed by atoms with Crippen LogP contribution in [0.4, 0.5) is 18.9 Å². The van der Waals surface area contributed by atoms with E-state index in [0.29, 0.717) is 11.3 Å². The van der Waals surface area contributed by atoms with Crippen LogP contribution in [0.1, 0.15) is 5.56 Å². The van der Waals surface area contributed by atoms with Gasteiger partial charge in [0.2, 0.25) is 0 Å². The fourth-order valence-electron chi connectivity index (χ4n) is 3.09. The number of esters is 1. The Balaban J connectivity index is 2.12. The Morgan fingerprint density at radius 2 is 1.59 bits per heavy atom. The van der Waals surface area contributed by atoms with Crippen molar-refractivity contribution in [2.75, 3.05) is 26.6 Å². The summed E-state index contributed by atoms with van der Waals surface area (Å²) in [5.74, 6) is 3.75. The van der Waals surface area contributed by atoms with Crippen LogP contribution in [0.3, 0.4) is 0 Å². The first kappa shape index (κ1) is 22.8. The van der Waals surface area contributed by atoms with Crippen LogP contribution in [-0.4, -0.2) is 39.0 Å². The van der Waals surface area contributed by atoms with Crippen LogP contribution in [0.25, 0.3) is 10.8 Å². The molecule has 8 heteroatoms. The predicted molar refractivity (Wildman–Crippen MR) is 115 cm³/mol. The van der Waals surface area contributed by atoms with Crippen molar-refractivity contribution in [1.82, 2.24) is 0 Å². The number of fused-ring (bicyclic) bond motifs is 1. The molecule has 1 N–H and O–H groups in total. The first-order valence-corrected chi connectivity index (χ1v) is 9.41. The molecule has 0 aliphatic heterocycles. The minimum Gasteiger partial charge on any atom is -0.497 e. The average molecular weight is 443 g/mol. The van der Waals surface area contributed by atoms with E-state index in [9.17, 15) is 18.0 Å². The van der Waals surface area contributed by atoms with Crippen LogP contribution in [0.5, 0.6) is 11.5 Å². The Kier molecular flexibility index (Phi) is 6.49. The maximum atomic E-state index is 14.3. The number of hydrogen-bond acceptors (Lipinski definition) is 5. The summed E-state index contributed by atoms with van der Waals surface area (Å²) in [6.45, 7) is 0. The van der Waals surface area contributed by atoms with Gasteiger partial charge in [-0.15, -0.1) is 0 Å². The number of para-hydroxylation sites is 2. The molecule has 0 spiro atoms. The molecule has 3 aromatic rings. The van der Waals surface area contributed by atoms with Gasteiger partial charge in [0.1, 0.15) is 11.5 Å². The van der Waals surface area contributed by atoms with E-state index in [4.69, 9.17) is 9.47 Å². The van der Waals surface area contributed by atoms with Crippen LogP contribution in [-0.2, 0) is 9.53 Å². The molecule has 0 saturated carbocycles. The van der Waals surface area contributed by atoms with Crippen molar-refractivity contribution in [2.45, 2.75) is 11.7 Å². The lowest BCUT2D eigenvalue weighted by Gasteiger charge is -2.30. The molecule has 0 saturated heterocycles. The average Bonchev–Trinajstić information content (AvgIpc) is 2.80. The predicted octanol–water partition coefficient (Wildman–Crippen LogP) is 4.79. The van der Waals surface area contributed by atoms with Gasteiger partial charge in [0, 0.05) is 5.56 Å². The van der Waals surface area contributed by atoms with Gasteiger partial charge >= 0.3 is 12.1 Å². The normalized spacial score (nSPS) is 12.8. The third-order valence-electron chi connectivity index (χ3n) is 4.79. The number of carbonyl (C=O) groups excluding carboxylic acids is 1. The topological polar surface area (TPSA) is 56.8 Å². The summed E-state index contributed by atoms with van der Waals surface area (Å²) in [5.41, 5.74) is -3.08. The van der Waals surface area contributed by atoms with Crippen molar-refractivity contribution in [2.24, 2.45) is 0 Å². The number of nitrogens with one attached hydrogen (secondary N) is 1. The molecular weight excluding hydrogens is 423 g/mol. The van der Waals surface area contributed by atoms with Crippen molar-refractivity contribution < 1.29 is 32.2 Å². The van der Waals surface area contributed by atoms with Crippen LogP contribution < -0.4 is 14.8 Å². The highest BCUT2D eigenvalue weighted by atomic mass is 19.4. The molecule has 0 aliphatic carbocycles. The molecule has 3 aromatic carbocycles. The zero-order chi connectivity index (χ0) is 23.4. The summed E-state index contributed by atoms with van der Waals surface area (Å²) < 4.78 is 57.5. The second-order valence-electron chi connectivity index (χ2n) is 6.74. The molecule has 0 radical (unpaired) electrons. The second kappa shape index (κ2) is 9.10. The second-order valence-corrected chi connectivity index (χ2v) is 6.74. The first-order chi connectivity index (χ1) is 15.2. The Bertz CT molecular complexity index is 1200. The molecule has 0 aromatic heterocycles. The largest absolute Gasteiger partial charge is 0.497 e. The number of halogens is 3. The molecule has 0 bridgehead atoms. The van der Waals surface area contributed by atoms with Gasteiger partial charge in [-0.1, -0.05) is 30.2 Å². The van der Waals surface area contributed by atoms with Gasteiger partial charge in [0.05, 0.1) is 27.0 Å². The SMILES string of the molecule is COC(=O)[C@@](C#Cc1ccc2cc(OC)ccc2c1)(Nc1ccccc1OC)C(F)(F)F. The molecule has 166 valence electrons. The molecule has 0 heterocycles. The number of anilines is 1. The zero-order valence-corrected chi connectivity index (χ0v) is 17.5. The van der Waals surface area contributed by atoms with E-state index in [1.807, 2.05) is 0 Å². The third-order valence-corrected chi connectivity index (χ3v) is 4.79. The van der Waals surface area contributed by atoms with Gasteiger partial charge in [0.25, 0.3) is 5.54 Å². The van der Waals surface area contributed by atoms with E-state index < -0.39 is 17.7 Å². The molecule has 5 nitrogen and oxygen atoms in total. The molecule has 3 rings (SSSR count). The molecule has 0 amide bonds. The van der Waals surface area contributed by atoms with E-state index in [2.05, 4.69) is 21.9 Å². The lowest BCUT2D eigenvalue weighted by Crippen LogP contribution is -2.57. The first-order valence-electron chi connectivity index (χ1n) is 9.41. The quantitative estimate of drug-likeness (QED) is 0.454. The van der Waals surface area contributed by atoms with Gasteiger partial charge in [-0.25, -0.2) is 4.79 Å². The lowest BCUT2D eigenvalue weighted by atomic mass is 9.97. The van der Waals surface area contributed by atoms with E-state index in [-0.39, 0.29) is 11.4 Å². The van der Waals surface area contributed by atoms with E-state index in [1.54, 1.807) is 49.6 Å². The zero-order valence-electron chi connectivity index (χ0n) is 17.5. The van der Waals surface area contributed by atoms with Gasteiger partial charge < -0.3 is 19.5 Å². The van der Waals surface area contributed by atoms with Gasteiger partial charge in [-0.3, -0.25) is 0 Å². The Morgan fingerprint density at radius 1 is 0.906 bits per heavy atom. The van der Waals surface area contributed by atoms with Crippen LogP contribution in [0.15, 0.2) is 60.7 Å². The number of rotatable bonds is 5. The number of hydrogen-bond donors (Lipinski definition) is 1. The monoisotopic (exact) mass is 443 g/mol. The van der Waals surface area contributed by atoms with Crippen molar-refractivity contribution in [3.05, 3.63) is 66.2 Å². The summed E-state index contributed by atoms with van der Waals surface area (Å²) in [5, 5.41) is 3.80. The molecular formula is C24H20F3NO4. The van der Waals surface area contributed by atoms with E-state index in [1.165, 1.54) is 25.3 Å². The molecule has 32 heavy (non-hydrogen) atoms. The van der Waals surface area contributed by atoms with E-state index >= 15 is 0 Å². The van der Waals surface area contributed by atoms with Crippen molar-refractivity contribution in [1.29, 1.82) is 0 Å². The molecule has 0 fully saturated rings. The summed E-state index contributed by atoms with van der Waals surface area (Å²) in [6.07, 6.45) is -5.10. The van der Waals surface area contributed by atoms with E-state index in [0.717, 1.165) is 17.9 Å². The molecule has 0 unspecified atom stereocenters. The van der Waals surface area contributed by atoms with Crippen LogP contribution in [0.2, 0.25) is 0 Å². The Hall–Kier alpha value is -3.86. The highest BCUT2D eigenvalue weighted by Gasteiger charge is 2.61. The van der Waals surface area contributed by atoms with Gasteiger partial charge in [0.15, 0.2) is 0 Å². The fraction of sp³-hybridized carbons (Fsp3) is 0.208. The highest BCUT2D eigenvalue weighted by molar-refractivity contribution is 5.91. The molecule has 1 atom stereocenters.